The highest BCUT2D eigenvalue weighted by atomic mass is 16.3. The topological polar surface area (TPSA) is 43.7 Å². The molecule has 14 heavy (non-hydrogen) atoms. The highest BCUT2D eigenvalue weighted by molar-refractivity contribution is 4.70. The molecular formula is C11H25NO2. The molecule has 2 N–H and O–H groups in total. The van der Waals surface area contributed by atoms with Gasteiger partial charge in [0, 0.05) is 12.6 Å². The van der Waals surface area contributed by atoms with E-state index >= 15 is 0 Å². The van der Waals surface area contributed by atoms with E-state index in [1.807, 2.05) is 7.05 Å². The summed E-state index contributed by atoms with van der Waals surface area (Å²) in [6.45, 7) is 7.86. The molecule has 0 saturated heterocycles. The minimum Gasteiger partial charge on any atom is -0.396 e. The van der Waals surface area contributed by atoms with Crippen molar-refractivity contribution in [2.24, 2.45) is 5.41 Å². The van der Waals surface area contributed by atoms with Gasteiger partial charge in [0.1, 0.15) is 0 Å². The van der Waals surface area contributed by atoms with E-state index in [4.69, 9.17) is 10.2 Å². The molecule has 0 aromatic heterocycles. The van der Waals surface area contributed by atoms with Crippen LogP contribution < -0.4 is 0 Å². The second-order valence-electron chi connectivity index (χ2n) is 5.14. The molecule has 0 heterocycles. The summed E-state index contributed by atoms with van der Waals surface area (Å²) in [6.07, 6.45) is 1.75. The summed E-state index contributed by atoms with van der Waals surface area (Å²) in [7, 11) is 2.00. The van der Waals surface area contributed by atoms with Crippen molar-refractivity contribution < 1.29 is 10.2 Å². The maximum absolute atomic E-state index is 9.10. The van der Waals surface area contributed by atoms with E-state index in [0.29, 0.717) is 11.8 Å². The van der Waals surface area contributed by atoms with Crippen LogP contribution >= 0.6 is 0 Å². The van der Waals surface area contributed by atoms with Crippen LogP contribution in [0, 0.1) is 5.41 Å². The molecule has 1 atom stereocenters. The first-order valence-electron chi connectivity index (χ1n) is 5.32. The monoisotopic (exact) mass is 203 g/mol. The Morgan fingerprint density at radius 1 is 1.21 bits per heavy atom. The van der Waals surface area contributed by atoms with Gasteiger partial charge in [-0.2, -0.15) is 0 Å². The largest absolute Gasteiger partial charge is 0.396 e. The van der Waals surface area contributed by atoms with Crippen molar-refractivity contribution in [2.75, 3.05) is 26.8 Å². The fourth-order valence-corrected chi connectivity index (χ4v) is 1.29. The summed E-state index contributed by atoms with van der Waals surface area (Å²) < 4.78 is 0. The third-order valence-electron chi connectivity index (χ3n) is 2.51. The average Bonchev–Trinajstić information content (AvgIpc) is 2.09. The average molecular weight is 203 g/mol. The van der Waals surface area contributed by atoms with Crippen LogP contribution in [0.15, 0.2) is 0 Å². The molecule has 0 saturated carbocycles. The lowest BCUT2D eigenvalue weighted by molar-refractivity contribution is 0.110. The van der Waals surface area contributed by atoms with Crippen LogP contribution in [0.25, 0.3) is 0 Å². The molecule has 0 aliphatic heterocycles. The minimum atomic E-state index is 0.0994. The number of rotatable bonds is 6. The van der Waals surface area contributed by atoms with Gasteiger partial charge in [0.2, 0.25) is 0 Å². The molecule has 86 valence electrons. The molecule has 0 aliphatic carbocycles. The predicted octanol–water partition coefficient (Wildman–Crippen LogP) is 1.10. The number of nitrogens with zero attached hydrogens (tertiary/aromatic N) is 1. The number of aliphatic hydroxyl groups excluding tert-OH is 2. The summed E-state index contributed by atoms with van der Waals surface area (Å²) in [5.41, 5.74) is 0.327. The maximum atomic E-state index is 9.10. The highest BCUT2D eigenvalue weighted by Crippen LogP contribution is 2.19. The fourth-order valence-electron chi connectivity index (χ4n) is 1.29. The van der Waals surface area contributed by atoms with E-state index in [-0.39, 0.29) is 19.3 Å². The molecule has 0 aromatic rings. The zero-order chi connectivity index (χ0) is 11.2. The van der Waals surface area contributed by atoms with E-state index < -0.39 is 0 Å². The van der Waals surface area contributed by atoms with Crippen LogP contribution in [0.2, 0.25) is 0 Å². The van der Waals surface area contributed by atoms with E-state index in [0.717, 1.165) is 13.0 Å². The standard InChI is InChI=1S/C11H25NO2/c1-11(2,3)6-7-12(4)10(9-14)5-8-13/h10,13-14H,5-9H2,1-4H3. The molecule has 1 unspecified atom stereocenters. The molecule has 0 radical (unpaired) electrons. The van der Waals surface area contributed by atoms with E-state index in [1.54, 1.807) is 0 Å². The Morgan fingerprint density at radius 2 is 1.79 bits per heavy atom. The Hall–Kier alpha value is -0.120. The van der Waals surface area contributed by atoms with E-state index in [2.05, 4.69) is 25.7 Å². The Labute approximate surface area is 87.7 Å². The van der Waals surface area contributed by atoms with Crippen LogP contribution in [-0.2, 0) is 0 Å². The number of hydrogen-bond donors (Lipinski definition) is 2. The lowest BCUT2D eigenvalue weighted by Gasteiger charge is -2.29. The van der Waals surface area contributed by atoms with E-state index in [9.17, 15) is 0 Å². The van der Waals surface area contributed by atoms with Gasteiger partial charge in [-0.3, -0.25) is 0 Å². The second-order valence-corrected chi connectivity index (χ2v) is 5.14. The Bertz CT molecular complexity index is 143. The molecule has 0 aromatic carbocycles. The van der Waals surface area contributed by atoms with Crippen molar-refractivity contribution in [3.05, 3.63) is 0 Å². The summed E-state index contributed by atoms with van der Waals surface area (Å²) in [6, 6.07) is 0.0994. The van der Waals surface area contributed by atoms with Crippen molar-refractivity contribution in [1.82, 2.24) is 4.90 Å². The van der Waals surface area contributed by atoms with Crippen LogP contribution in [0.4, 0.5) is 0 Å². The second kappa shape index (κ2) is 6.38. The van der Waals surface area contributed by atoms with Crippen LogP contribution in [-0.4, -0.2) is 48.0 Å². The first-order chi connectivity index (χ1) is 6.40. The van der Waals surface area contributed by atoms with Gasteiger partial charge in [0.25, 0.3) is 0 Å². The molecule has 0 bridgehead atoms. The van der Waals surface area contributed by atoms with Gasteiger partial charge in [-0.1, -0.05) is 20.8 Å². The number of aliphatic hydroxyl groups is 2. The molecule has 3 nitrogen and oxygen atoms in total. The smallest absolute Gasteiger partial charge is 0.0587 e. The van der Waals surface area contributed by atoms with Crippen molar-refractivity contribution in [3.8, 4) is 0 Å². The van der Waals surface area contributed by atoms with Crippen molar-refractivity contribution in [1.29, 1.82) is 0 Å². The lowest BCUT2D eigenvalue weighted by atomic mass is 9.92. The number of likely N-dealkylation sites (N-methyl/N-ethyl adjacent to an activating group) is 1. The third-order valence-corrected chi connectivity index (χ3v) is 2.51. The van der Waals surface area contributed by atoms with Gasteiger partial charge in [0.15, 0.2) is 0 Å². The van der Waals surface area contributed by atoms with Crippen molar-refractivity contribution >= 4 is 0 Å². The van der Waals surface area contributed by atoms with Crippen LogP contribution in [0.3, 0.4) is 0 Å². The Balaban J connectivity index is 3.85. The normalized spacial score (nSPS) is 14.8. The zero-order valence-electron chi connectivity index (χ0n) is 9.95. The van der Waals surface area contributed by atoms with Gasteiger partial charge in [0.05, 0.1) is 6.61 Å². The van der Waals surface area contributed by atoms with Crippen LogP contribution in [0.5, 0.6) is 0 Å². The van der Waals surface area contributed by atoms with Gasteiger partial charge < -0.3 is 15.1 Å². The highest BCUT2D eigenvalue weighted by Gasteiger charge is 2.16. The van der Waals surface area contributed by atoms with Crippen molar-refractivity contribution in [3.63, 3.8) is 0 Å². The number of hydrogen-bond acceptors (Lipinski definition) is 3. The molecule has 0 amide bonds. The summed E-state index contributed by atoms with van der Waals surface area (Å²) in [5, 5.41) is 17.9. The summed E-state index contributed by atoms with van der Waals surface area (Å²) in [4.78, 5) is 2.13. The van der Waals surface area contributed by atoms with E-state index in [1.165, 1.54) is 0 Å². The van der Waals surface area contributed by atoms with Gasteiger partial charge in [-0.05, 0) is 31.8 Å². The van der Waals surface area contributed by atoms with Crippen LogP contribution in [0.1, 0.15) is 33.6 Å². The Kier molecular flexibility index (Phi) is 6.33. The fraction of sp³-hybridized carbons (Fsp3) is 1.00. The van der Waals surface area contributed by atoms with Gasteiger partial charge in [-0.15, -0.1) is 0 Å². The third kappa shape index (κ3) is 6.35. The first kappa shape index (κ1) is 13.9. The molecule has 0 rings (SSSR count). The van der Waals surface area contributed by atoms with Gasteiger partial charge >= 0.3 is 0 Å². The minimum absolute atomic E-state index is 0.0994. The first-order valence-corrected chi connectivity index (χ1v) is 5.32. The van der Waals surface area contributed by atoms with Gasteiger partial charge in [-0.25, -0.2) is 0 Å². The maximum Gasteiger partial charge on any atom is 0.0587 e. The molecular weight excluding hydrogens is 178 g/mol. The molecule has 3 heteroatoms. The zero-order valence-corrected chi connectivity index (χ0v) is 9.95. The quantitative estimate of drug-likeness (QED) is 0.679. The Morgan fingerprint density at radius 3 is 2.14 bits per heavy atom. The SMILES string of the molecule is CN(CCC(C)(C)C)C(CO)CCO. The summed E-state index contributed by atoms with van der Waals surface area (Å²) in [5.74, 6) is 0. The predicted molar refractivity (Wildman–Crippen MR) is 59.3 cm³/mol. The molecule has 0 fully saturated rings. The lowest BCUT2D eigenvalue weighted by Crippen LogP contribution is -2.37. The summed E-state index contributed by atoms with van der Waals surface area (Å²) >= 11 is 0. The molecule has 0 aliphatic rings. The van der Waals surface area contributed by atoms with Crippen molar-refractivity contribution in [2.45, 2.75) is 39.7 Å². The molecule has 0 spiro atoms.